The summed E-state index contributed by atoms with van der Waals surface area (Å²) in [6.45, 7) is 4.00. The van der Waals surface area contributed by atoms with E-state index in [9.17, 15) is 9.59 Å². The zero-order chi connectivity index (χ0) is 23.4. The van der Waals surface area contributed by atoms with Crippen LogP contribution in [0.5, 0.6) is 11.5 Å². The van der Waals surface area contributed by atoms with E-state index in [2.05, 4.69) is 10.3 Å². The summed E-state index contributed by atoms with van der Waals surface area (Å²) in [5.74, 6) is 0.610. The van der Waals surface area contributed by atoms with Gasteiger partial charge in [-0.05, 0) is 67.9 Å². The maximum Gasteiger partial charge on any atom is 0.278 e. The Morgan fingerprint density at radius 1 is 0.909 bits per heavy atom. The number of pyridine rings is 1. The average Bonchev–Trinajstić information content (AvgIpc) is 3.05. The van der Waals surface area contributed by atoms with Crippen molar-refractivity contribution in [3.8, 4) is 11.5 Å². The summed E-state index contributed by atoms with van der Waals surface area (Å²) >= 11 is 0. The topological polar surface area (TPSA) is 80.8 Å². The fourth-order valence-electron chi connectivity index (χ4n) is 3.55. The van der Waals surface area contributed by atoms with Crippen LogP contribution in [0.3, 0.4) is 0 Å². The van der Waals surface area contributed by atoms with E-state index in [0.29, 0.717) is 28.3 Å². The van der Waals surface area contributed by atoms with Crippen molar-refractivity contribution in [3.63, 3.8) is 0 Å². The SMILES string of the molecule is COc1ccc(C2=C(Nc3ccc(OC(C)C)cc3)C(=O)N(Cc3ccccn3)C2=O)cc1. The largest absolute Gasteiger partial charge is 0.497 e. The second-order valence-corrected chi connectivity index (χ2v) is 7.81. The van der Waals surface area contributed by atoms with Crippen LogP contribution >= 0.6 is 0 Å². The van der Waals surface area contributed by atoms with Crippen LogP contribution in [0.15, 0.2) is 78.6 Å². The molecular formula is C26H25N3O4. The molecule has 1 aromatic heterocycles. The van der Waals surface area contributed by atoms with Gasteiger partial charge in [-0.2, -0.15) is 0 Å². The number of carbonyl (C=O) groups excluding carboxylic acids is 2. The van der Waals surface area contributed by atoms with Gasteiger partial charge >= 0.3 is 0 Å². The van der Waals surface area contributed by atoms with Gasteiger partial charge < -0.3 is 14.8 Å². The van der Waals surface area contributed by atoms with Crippen molar-refractivity contribution in [2.45, 2.75) is 26.5 Å². The minimum atomic E-state index is -0.404. The lowest BCUT2D eigenvalue weighted by atomic mass is 10.0. The summed E-state index contributed by atoms with van der Waals surface area (Å²) < 4.78 is 10.9. The zero-order valence-electron chi connectivity index (χ0n) is 18.7. The highest BCUT2D eigenvalue weighted by Gasteiger charge is 2.39. The van der Waals surface area contributed by atoms with Gasteiger partial charge in [0, 0.05) is 11.9 Å². The summed E-state index contributed by atoms with van der Waals surface area (Å²) in [5.41, 5.74) is 2.46. The number of benzene rings is 2. The van der Waals surface area contributed by atoms with Gasteiger partial charge in [0.2, 0.25) is 0 Å². The Hall–Kier alpha value is -4.13. The van der Waals surface area contributed by atoms with Crippen molar-refractivity contribution in [1.82, 2.24) is 9.88 Å². The molecule has 1 N–H and O–H groups in total. The first-order valence-electron chi connectivity index (χ1n) is 10.6. The molecule has 7 heteroatoms. The molecule has 1 aliphatic rings. The minimum Gasteiger partial charge on any atom is -0.497 e. The third-order valence-electron chi connectivity index (χ3n) is 5.09. The number of nitrogens with one attached hydrogen (secondary N) is 1. The van der Waals surface area contributed by atoms with Gasteiger partial charge in [0.15, 0.2) is 0 Å². The van der Waals surface area contributed by atoms with Crippen LogP contribution in [0.4, 0.5) is 5.69 Å². The number of aromatic nitrogens is 1. The molecule has 0 atom stereocenters. The molecule has 0 bridgehead atoms. The first-order chi connectivity index (χ1) is 16.0. The Morgan fingerprint density at radius 2 is 1.61 bits per heavy atom. The molecule has 7 nitrogen and oxygen atoms in total. The fraction of sp³-hybridized carbons (Fsp3) is 0.192. The Labute approximate surface area is 192 Å². The van der Waals surface area contributed by atoms with Crippen LogP contribution in [-0.4, -0.2) is 34.9 Å². The highest BCUT2D eigenvalue weighted by molar-refractivity contribution is 6.36. The number of ether oxygens (including phenoxy) is 2. The maximum absolute atomic E-state index is 13.4. The van der Waals surface area contributed by atoms with Gasteiger partial charge in [-0.1, -0.05) is 18.2 Å². The lowest BCUT2D eigenvalue weighted by Crippen LogP contribution is -2.32. The van der Waals surface area contributed by atoms with Crippen LogP contribution in [0.1, 0.15) is 25.1 Å². The monoisotopic (exact) mass is 443 g/mol. The first-order valence-corrected chi connectivity index (χ1v) is 10.6. The van der Waals surface area contributed by atoms with E-state index in [1.54, 1.807) is 49.7 Å². The van der Waals surface area contributed by atoms with Crippen molar-refractivity contribution in [2.24, 2.45) is 0 Å². The Bertz CT molecular complexity index is 1170. The van der Waals surface area contributed by atoms with Crippen molar-refractivity contribution in [2.75, 3.05) is 12.4 Å². The standard InChI is InChI=1S/C26H25N3O4/c1-17(2)33-22-13-9-19(10-14-22)28-24-23(18-7-11-21(32-3)12-8-18)25(30)29(26(24)31)16-20-6-4-5-15-27-20/h4-15,17,28H,16H2,1-3H3. The molecule has 2 aromatic carbocycles. The summed E-state index contributed by atoms with van der Waals surface area (Å²) in [6.07, 6.45) is 1.69. The predicted molar refractivity (Wildman–Crippen MR) is 126 cm³/mol. The van der Waals surface area contributed by atoms with Crippen molar-refractivity contribution >= 4 is 23.1 Å². The quantitative estimate of drug-likeness (QED) is 0.524. The van der Waals surface area contributed by atoms with Crippen molar-refractivity contribution in [1.29, 1.82) is 0 Å². The number of anilines is 1. The number of methoxy groups -OCH3 is 1. The molecule has 0 saturated carbocycles. The molecule has 2 amide bonds. The maximum atomic E-state index is 13.4. The smallest absolute Gasteiger partial charge is 0.278 e. The summed E-state index contributed by atoms with van der Waals surface area (Å²) in [6, 6.07) is 19.7. The van der Waals surface area contributed by atoms with E-state index in [1.165, 1.54) is 4.90 Å². The summed E-state index contributed by atoms with van der Waals surface area (Å²) in [4.78, 5) is 32.2. The molecule has 0 unspecified atom stereocenters. The van der Waals surface area contributed by atoms with Gasteiger partial charge in [-0.15, -0.1) is 0 Å². The number of nitrogens with zero attached hydrogens (tertiary/aromatic N) is 2. The molecule has 0 radical (unpaired) electrons. The number of imide groups is 1. The van der Waals surface area contributed by atoms with Gasteiger partial charge in [-0.3, -0.25) is 19.5 Å². The summed E-state index contributed by atoms with van der Waals surface area (Å²) in [7, 11) is 1.58. The Balaban J connectivity index is 1.68. The first kappa shape index (κ1) is 22.1. The van der Waals surface area contributed by atoms with Gasteiger partial charge in [0.25, 0.3) is 11.8 Å². The molecule has 2 heterocycles. The van der Waals surface area contributed by atoms with E-state index in [-0.39, 0.29) is 24.3 Å². The lowest BCUT2D eigenvalue weighted by Gasteiger charge is -2.15. The molecular weight excluding hydrogens is 418 g/mol. The molecule has 0 saturated heterocycles. The molecule has 0 aliphatic carbocycles. The van der Waals surface area contributed by atoms with Gasteiger partial charge in [0.05, 0.1) is 31.0 Å². The van der Waals surface area contributed by atoms with Crippen LogP contribution in [0, 0.1) is 0 Å². The van der Waals surface area contributed by atoms with Crippen molar-refractivity contribution < 1.29 is 19.1 Å². The molecule has 168 valence electrons. The highest BCUT2D eigenvalue weighted by Crippen LogP contribution is 2.32. The highest BCUT2D eigenvalue weighted by atomic mass is 16.5. The molecule has 33 heavy (non-hydrogen) atoms. The Morgan fingerprint density at radius 3 is 2.21 bits per heavy atom. The zero-order valence-corrected chi connectivity index (χ0v) is 18.7. The van der Waals surface area contributed by atoms with E-state index in [4.69, 9.17) is 9.47 Å². The third kappa shape index (κ3) is 4.87. The number of amides is 2. The predicted octanol–water partition coefficient (Wildman–Crippen LogP) is 4.27. The van der Waals surface area contributed by atoms with Gasteiger partial charge in [-0.25, -0.2) is 0 Å². The van der Waals surface area contributed by atoms with E-state index in [1.807, 2.05) is 44.2 Å². The normalized spacial score (nSPS) is 13.6. The molecule has 0 spiro atoms. The average molecular weight is 444 g/mol. The van der Waals surface area contributed by atoms with Crippen LogP contribution < -0.4 is 14.8 Å². The van der Waals surface area contributed by atoms with Crippen LogP contribution in [-0.2, 0) is 16.1 Å². The Kier molecular flexibility index (Phi) is 6.40. The van der Waals surface area contributed by atoms with Gasteiger partial charge in [0.1, 0.15) is 17.2 Å². The number of rotatable bonds is 8. The van der Waals surface area contributed by atoms with E-state index < -0.39 is 5.91 Å². The second kappa shape index (κ2) is 9.56. The van der Waals surface area contributed by atoms with Crippen molar-refractivity contribution in [3.05, 3.63) is 89.9 Å². The van der Waals surface area contributed by atoms with E-state index >= 15 is 0 Å². The molecule has 3 aromatic rings. The van der Waals surface area contributed by atoms with Crippen LogP contribution in [0.2, 0.25) is 0 Å². The molecule has 1 aliphatic heterocycles. The third-order valence-corrected chi connectivity index (χ3v) is 5.09. The number of hydrogen-bond donors (Lipinski definition) is 1. The number of carbonyl (C=O) groups is 2. The molecule has 4 rings (SSSR count). The number of hydrogen-bond acceptors (Lipinski definition) is 6. The minimum absolute atomic E-state index is 0.0578. The molecule has 0 fully saturated rings. The lowest BCUT2D eigenvalue weighted by molar-refractivity contribution is -0.137. The van der Waals surface area contributed by atoms with Crippen LogP contribution in [0.25, 0.3) is 5.57 Å². The second-order valence-electron chi connectivity index (χ2n) is 7.81. The summed E-state index contributed by atoms with van der Waals surface area (Å²) in [5, 5.41) is 3.15. The van der Waals surface area contributed by atoms with E-state index in [0.717, 1.165) is 5.75 Å². The fourth-order valence-corrected chi connectivity index (χ4v) is 3.55.